The molecule has 4 heteroatoms. The summed E-state index contributed by atoms with van der Waals surface area (Å²) < 4.78 is 0. The quantitative estimate of drug-likeness (QED) is 0.867. The highest BCUT2D eigenvalue weighted by atomic mass is 16.2. The number of benzene rings is 1. The van der Waals surface area contributed by atoms with Crippen LogP contribution in [0.4, 0.5) is 0 Å². The molecule has 0 saturated heterocycles. The minimum Gasteiger partial charge on any atom is -0.352 e. The SMILES string of the molecule is CCC(=O)N(Cc1ccccc1C)[C@@H](C)C(=O)NC1CCCCC1. The molecule has 1 aromatic rings. The van der Waals surface area contributed by atoms with Crippen LogP contribution >= 0.6 is 0 Å². The topological polar surface area (TPSA) is 49.4 Å². The zero-order chi connectivity index (χ0) is 17.5. The van der Waals surface area contributed by atoms with E-state index in [0.29, 0.717) is 13.0 Å². The lowest BCUT2D eigenvalue weighted by Crippen LogP contribution is -2.50. The van der Waals surface area contributed by atoms with Crippen LogP contribution in [0.2, 0.25) is 0 Å². The van der Waals surface area contributed by atoms with Crippen LogP contribution in [0, 0.1) is 6.92 Å². The highest BCUT2D eigenvalue weighted by molar-refractivity contribution is 5.87. The van der Waals surface area contributed by atoms with Crippen molar-refractivity contribution in [2.75, 3.05) is 0 Å². The molecule has 4 nitrogen and oxygen atoms in total. The van der Waals surface area contributed by atoms with Gasteiger partial charge in [0.15, 0.2) is 0 Å². The first kappa shape index (κ1) is 18.5. The largest absolute Gasteiger partial charge is 0.352 e. The second kappa shape index (κ2) is 8.86. The fraction of sp³-hybridized carbons (Fsp3) is 0.600. The van der Waals surface area contributed by atoms with Crippen LogP contribution in [0.15, 0.2) is 24.3 Å². The van der Waals surface area contributed by atoms with E-state index < -0.39 is 6.04 Å². The monoisotopic (exact) mass is 330 g/mol. The molecule has 0 aliphatic heterocycles. The minimum atomic E-state index is -0.445. The fourth-order valence-electron chi connectivity index (χ4n) is 3.33. The third-order valence-corrected chi connectivity index (χ3v) is 5.02. The third kappa shape index (κ3) is 4.83. The summed E-state index contributed by atoms with van der Waals surface area (Å²) in [7, 11) is 0. The van der Waals surface area contributed by atoms with E-state index in [1.54, 1.807) is 4.90 Å². The van der Waals surface area contributed by atoms with Gasteiger partial charge in [-0.3, -0.25) is 9.59 Å². The lowest BCUT2D eigenvalue weighted by atomic mass is 9.95. The molecule has 132 valence electrons. The standard InChI is InChI=1S/C20H30N2O2/c1-4-19(23)22(14-17-11-9-8-10-15(17)2)16(3)20(24)21-18-12-6-5-7-13-18/h8-11,16,18H,4-7,12-14H2,1-3H3,(H,21,24)/t16-/m0/s1. The maximum Gasteiger partial charge on any atom is 0.242 e. The van der Waals surface area contributed by atoms with Gasteiger partial charge in [0.05, 0.1) is 0 Å². The van der Waals surface area contributed by atoms with E-state index in [-0.39, 0.29) is 17.9 Å². The predicted octanol–water partition coefficient (Wildman–Crippen LogP) is 3.57. The molecule has 2 rings (SSSR count). The van der Waals surface area contributed by atoms with Gasteiger partial charge in [-0.2, -0.15) is 0 Å². The molecule has 0 heterocycles. The number of aryl methyl sites for hydroxylation is 1. The van der Waals surface area contributed by atoms with E-state index in [0.717, 1.165) is 24.0 Å². The van der Waals surface area contributed by atoms with Crippen LogP contribution in [0.1, 0.15) is 63.5 Å². The van der Waals surface area contributed by atoms with Crippen molar-refractivity contribution in [3.63, 3.8) is 0 Å². The molecule has 1 N–H and O–H groups in total. The molecule has 1 aliphatic rings. The molecule has 1 aromatic carbocycles. The molecular weight excluding hydrogens is 300 g/mol. The number of nitrogens with zero attached hydrogens (tertiary/aromatic N) is 1. The van der Waals surface area contributed by atoms with Gasteiger partial charge >= 0.3 is 0 Å². The molecular formula is C20H30N2O2. The summed E-state index contributed by atoms with van der Waals surface area (Å²) in [6.45, 7) is 6.21. The Kier molecular flexibility index (Phi) is 6.83. The summed E-state index contributed by atoms with van der Waals surface area (Å²) in [5.41, 5.74) is 2.24. The van der Waals surface area contributed by atoms with Crippen molar-refractivity contribution in [1.82, 2.24) is 10.2 Å². The van der Waals surface area contributed by atoms with Crippen LogP contribution < -0.4 is 5.32 Å². The number of nitrogens with one attached hydrogen (secondary N) is 1. The number of amides is 2. The van der Waals surface area contributed by atoms with Gasteiger partial charge in [0.25, 0.3) is 0 Å². The zero-order valence-corrected chi connectivity index (χ0v) is 15.2. The lowest BCUT2D eigenvalue weighted by molar-refractivity contribution is -0.140. The Morgan fingerprint density at radius 3 is 2.50 bits per heavy atom. The van der Waals surface area contributed by atoms with Crippen molar-refractivity contribution in [2.45, 2.75) is 77.9 Å². The lowest BCUT2D eigenvalue weighted by Gasteiger charge is -2.31. The molecule has 0 spiro atoms. The van der Waals surface area contributed by atoms with Crippen LogP contribution in [0.3, 0.4) is 0 Å². The summed E-state index contributed by atoms with van der Waals surface area (Å²) in [4.78, 5) is 26.8. The molecule has 1 fully saturated rings. The Hall–Kier alpha value is -1.84. The van der Waals surface area contributed by atoms with E-state index in [9.17, 15) is 9.59 Å². The first-order valence-corrected chi connectivity index (χ1v) is 9.17. The van der Waals surface area contributed by atoms with Crippen molar-refractivity contribution < 1.29 is 9.59 Å². The highest BCUT2D eigenvalue weighted by Crippen LogP contribution is 2.19. The number of carbonyl (C=O) groups is 2. The first-order chi connectivity index (χ1) is 11.5. The van der Waals surface area contributed by atoms with Gasteiger partial charge < -0.3 is 10.2 Å². The number of rotatable bonds is 6. The molecule has 0 radical (unpaired) electrons. The van der Waals surface area contributed by atoms with Gasteiger partial charge in [-0.05, 0) is 37.8 Å². The van der Waals surface area contributed by atoms with Gasteiger partial charge in [0.2, 0.25) is 11.8 Å². The molecule has 1 saturated carbocycles. The number of hydrogen-bond acceptors (Lipinski definition) is 2. The average Bonchev–Trinajstić information content (AvgIpc) is 2.60. The van der Waals surface area contributed by atoms with Gasteiger partial charge in [0.1, 0.15) is 6.04 Å². The maximum atomic E-state index is 12.6. The van der Waals surface area contributed by atoms with E-state index in [1.165, 1.54) is 19.3 Å². The first-order valence-electron chi connectivity index (χ1n) is 9.17. The van der Waals surface area contributed by atoms with Crippen molar-refractivity contribution in [3.8, 4) is 0 Å². The van der Waals surface area contributed by atoms with Crippen LogP contribution in [-0.4, -0.2) is 28.8 Å². The van der Waals surface area contributed by atoms with Crippen LogP contribution in [0.25, 0.3) is 0 Å². The Morgan fingerprint density at radius 1 is 1.21 bits per heavy atom. The highest BCUT2D eigenvalue weighted by Gasteiger charge is 2.27. The smallest absolute Gasteiger partial charge is 0.242 e. The molecule has 0 unspecified atom stereocenters. The van der Waals surface area contributed by atoms with Crippen molar-refractivity contribution in [3.05, 3.63) is 35.4 Å². The normalized spacial score (nSPS) is 16.5. The van der Waals surface area contributed by atoms with Crippen LogP contribution in [0.5, 0.6) is 0 Å². The summed E-state index contributed by atoms with van der Waals surface area (Å²) in [5, 5.41) is 3.15. The molecule has 1 aliphatic carbocycles. The van der Waals surface area contributed by atoms with E-state index in [4.69, 9.17) is 0 Å². The van der Waals surface area contributed by atoms with Gasteiger partial charge in [0, 0.05) is 19.0 Å². The molecule has 0 aromatic heterocycles. The second-order valence-electron chi connectivity index (χ2n) is 6.82. The summed E-state index contributed by atoms with van der Waals surface area (Å²) in [6, 6.07) is 7.85. The average molecular weight is 330 g/mol. The Balaban J connectivity index is 2.06. The molecule has 1 atom stereocenters. The molecule has 0 bridgehead atoms. The van der Waals surface area contributed by atoms with E-state index >= 15 is 0 Å². The molecule has 24 heavy (non-hydrogen) atoms. The zero-order valence-electron chi connectivity index (χ0n) is 15.2. The second-order valence-corrected chi connectivity index (χ2v) is 6.82. The Bertz CT molecular complexity index is 565. The van der Waals surface area contributed by atoms with Crippen molar-refractivity contribution >= 4 is 11.8 Å². The number of carbonyl (C=O) groups excluding carboxylic acids is 2. The van der Waals surface area contributed by atoms with Crippen molar-refractivity contribution in [2.24, 2.45) is 0 Å². The molecule has 2 amide bonds. The maximum absolute atomic E-state index is 12.6. The van der Waals surface area contributed by atoms with Gasteiger partial charge in [-0.1, -0.05) is 50.5 Å². The summed E-state index contributed by atoms with van der Waals surface area (Å²) >= 11 is 0. The third-order valence-electron chi connectivity index (χ3n) is 5.02. The fourth-order valence-corrected chi connectivity index (χ4v) is 3.33. The summed E-state index contributed by atoms with van der Waals surface area (Å²) in [6.07, 6.45) is 6.14. The Morgan fingerprint density at radius 2 is 1.88 bits per heavy atom. The minimum absolute atomic E-state index is 0.0181. The summed E-state index contributed by atoms with van der Waals surface area (Å²) in [5.74, 6) is -0.0122. The van der Waals surface area contributed by atoms with Crippen LogP contribution in [-0.2, 0) is 16.1 Å². The van der Waals surface area contributed by atoms with Gasteiger partial charge in [-0.25, -0.2) is 0 Å². The van der Waals surface area contributed by atoms with Crippen molar-refractivity contribution in [1.29, 1.82) is 0 Å². The van der Waals surface area contributed by atoms with E-state index in [1.807, 2.05) is 45.0 Å². The predicted molar refractivity (Wildman–Crippen MR) is 96.5 cm³/mol. The van der Waals surface area contributed by atoms with E-state index in [2.05, 4.69) is 5.32 Å². The number of hydrogen-bond donors (Lipinski definition) is 1. The Labute approximate surface area is 145 Å². The van der Waals surface area contributed by atoms with Gasteiger partial charge in [-0.15, -0.1) is 0 Å².